The van der Waals surface area contributed by atoms with Crippen molar-refractivity contribution in [2.75, 3.05) is 25.5 Å². The zero-order valence-electron chi connectivity index (χ0n) is 17.6. The van der Waals surface area contributed by atoms with Gasteiger partial charge in [0.05, 0.1) is 11.4 Å². The molecule has 2 aromatic heterocycles. The second-order valence-corrected chi connectivity index (χ2v) is 8.54. The molecule has 1 aliphatic rings. The Balaban J connectivity index is 2.08. The van der Waals surface area contributed by atoms with Gasteiger partial charge in [0.25, 0.3) is 24.2 Å². The number of hydrogen-bond donors (Lipinski definition) is 2. The first-order valence-electron chi connectivity index (χ1n) is 9.73. The molecule has 0 aliphatic carbocycles. The second-order valence-electron chi connectivity index (χ2n) is 7.54. The van der Waals surface area contributed by atoms with E-state index in [0.29, 0.717) is 17.4 Å². The van der Waals surface area contributed by atoms with Gasteiger partial charge in [-0.25, -0.2) is 27.5 Å². The Morgan fingerprint density at radius 1 is 1.32 bits per heavy atom. The molecule has 1 aliphatic heterocycles. The molecule has 1 saturated heterocycles. The van der Waals surface area contributed by atoms with Crippen LogP contribution in [0.25, 0.3) is 10.4 Å². The first-order valence-corrected chi connectivity index (χ1v) is 10.5. The summed E-state index contributed by atoms with van der Waals surface area (Å²) in [6, 6.07) is -0.200. The van der Waals surface area contributed by atoms with Gasteiger partial charge in [0.15, 0.2) is 5.01 Å². The average molecular weight is 513 g/mol. The molecule has 0 spiro atoms. The molecular formula is C19H18F7N5O2S. The Kier molecular flexibility index (Phi) is 7.05. The molecule has 34 heavy (non-hydrogen) atoms. The van der Waals surface area contributed by atoms with Crippen LogP contribution in [0.2, 0.25) is 0 Å². The van der Waals surface area contributed by atoms with Crippen LogP contribution >= 0.6 is 11.3 Å². The summed E-state index contributed by atoms with van der Waals surface area (Å²) in [6.45, 7) is -1.05. The molecule has 0 saturated carbocycles. The summed E-state index contributed by atoms with van der Waals surface area (Å²) in [4.78, 5) is 33.4. The third-order valence-electron chi connectivity index (χ3n) is 4.93. The largest absolute Gasteiger partial charge is 0.405 e. The van der Waals surface area contributed by atoms with Gasteiger partial charge >= 0.3 is 6.18 Å². The third-order valence-corrected chi connectivity index (χ3v) is 6.01. The van der Waals surface area contributed by atoms with Crippen molar-refractivity contribution in [1.29, 1.82) is 0 Å². The predicted molar refractivity (Wildman–Crippen MR) is 108 cm³/mol. The minimum atomic E-state index is -4.63. The highest BCUT2D eigenvalue weighted by molar-refractivity contribution is 7.17. The monoisotopic (exact) mass is 513 g/mol. The highest BCUT2D eigenvalue weighted by Gasteiger charge is 2.46. The van der Waals surface area contributed by atoms with Crippen molar-refractivity contribution in [3.63, 3.8) is 0 Å². The number of nitrogens with one attached hydrogen (secondary N) is 2. The fraction of sp³-hybridized carbons (Fsp3) is 0.474. The first-order chi connectivity index (χ1) is 15.7. The smallest absolute Gasteiger partial charge is 0.361 e. The molecule has 1 fully saturated rings. The van der Waals surface area contributed by atoms with E-state index < -0.39 is 73.0 Å². The van der Waals surface area contributed by atoms with E-state index in [2.05, 4.69) is 15.3 Å². The number of alkyl halides is 7. The molecule has 186 valence electrons. The van der Waals surface area contributed by atoms with Crippen LogP contribution in [0.5, 0.6) is 0 Å². The molecule has 1 atom stereocenters. The molecule has 0 aromatic carbocycles. The van der Waals surface area contributed by atoms with Gasteiger partial charge in [0, 0.05) is 36.8 Å². The fourth-order valence-corrected chi connectivity index (χ4v) is 4.44. The number of pyridine rings is 1. The first kappa shape index (κ1) is 25.6. The van der Waals surface area contributed by atoms with E-state index in [1.54, 1.807) is 0 Å². The summed E-state index contributed by atoms with van der Waals surface area (Å²) in [6.07, 6.45) is -7.61. The lowest BCUT2D eigenvalue weighted by molar-refractivity contribution is -0.115. The number of aromatic nitrogens is 2. The molecule has 0 radical (unpaired) electrons. The summed E-state index contributed by atoms with van der Waals surface area (Å²) in [5.74, 6) is -5.39. The maximum absolute atomic E-state index is 13.8. The molecule has 3 rings (SSSR count). The molecule has 2 aromatic rings. The van der Waals surface area contributed by atoms with Gasteiger partial charge in [0.1, 0.15) is 18.1 Å². The van der Waals surface area contributed by atoms with E-state index in [1.165, 1.54) is 14.0 Å². The van der Waals surface area contributed by atoms with Crippen molar-refractivity contribution in [3.05, 3.63) is 28.5 Å². The lowest BCUT2D eigenvalue weighted by Gasteiger charge is -2.20. The van der Waals surface area contributed by atoms with Crippen LogP contribution in [-0.4, -0.2) is 65.0 Å². The van der Waals surface area contributed by atoms with Crippen molar-refractivity contribution in [2.45, 2.75) is 37.9 Å². The van der Waals surface area contributed by atoms with E-state index in [4.69, 9.17) is 0 Å². The number of halogens is 7. The van der Waals surface area contributed by atoms with E-state index in [-0.39, 0.29) is 15.4 Å². The Labute approximate surface area is 192 Å². The van der Waals surface area contributed by atoms with Crippen LogP contribution in [0.3, 0.4) is 0 Å². The Morgan fingerprint density at radius 2 is 2.00 bits per heavy atom. The minimum absolute atomic E-state index is 0.240. The standard InChI is InChI=1S/C19H18F7N5O2S/c1-8-4-18(22,23)7-31(8)17(33)12-13(34-16(30-12)15(32)27-2)10-5-28-11(3-9(10)14(20)21)29-6-19(24,25)26/h3,5,8,14H,4,6-7H2,1-2H3,(H,27,32)(H,28,29). The van der Waals surface area contributed by atoms with Crippen molar-refractivity contribution in [1.82, 2.24) is 20.2 Å². The topological polar surface area (TPSA) is 87.2 Å². The summed E-state index contributed by atoms with van der Waals surface area (Å²) < 4.78 is 92.7. The van der Waals surface area contributed by atoms with Gasteiger partial charge in [-0.3, -0.25) is 9.59 Å². The highest BCUT2D eigenvalue weighted by Crippen LogP contribution is 2.40. The van der Waals surface area contributed by atoms with E-state index >= 15 is 0 Å². The molecule has 1 unspecified atom stereocenters. The molecule has 0 bridgehead atoms. The van der Waals surface area contributed by atoms with Crippen LogP contribution < -0.4 is 10.6 Å². The van der Waals surface area contributed by atoms with Crippen molar-refractivity contribution in [2.24, 2.45) is 0 Å². The van der Waals surface area contributed by atoms with E-state index in [0.717, 1.165) is 11.1 Å². The van der Waals surface area contributed by atoms with Crippen molar-refractivity contribution in [3.8, 4) is 10.4 Å². The molecule has 2 N–H and O–H groups in total. The second kappa shape index (κ2) is 9.35. The average Bonchev–Trinajstić information content (AvgIpc) is 3.30. The number of rotatable bonds is 6. The van der Waals surface area contributed by atoms with Gasteiger partial charge in [0.2, 0.25) is 0 Å². The lowest BCUT2D eigenvalue weighted by Crippen LogP contribution is -2.35. The van der Waals surface area contributed by atoms with Gasteiger partial charge in [-0.2, -0.15) is 13.2 Å². The lowest BCUT2D eigenvalue weighted by atomic mass is 10.1. The van der Waals surface area contributed by atoms with Crippen LogP contribution in [0.4, 0.5) is 36.6 Å². The molecule has 15 heteroatoms. The summed E-state index contributed by atoms with van der Waals surface area (Å²) >= 11 is 0.557. The summed E-state index contributed by atoms with van der Waals surface area (Å²) in [5.41, 5.74) is -1.64. The fourth-order valence-electron chi connectivity index (χ4n) is 3.40. The predicted octanol–water partition coefficient (Wildman–Crippen LogP) is 4.35. The van der Waals surface area contributed by atoms with Crippen molar-refractivity contribution >= 4 is 29.0 Å². The van der Waals surface area contributed by atoms with E-state index in [1.807, 2.05) is 5.32 Å². The maximum atomic E-state index is 13.8. The van der Waals surface area contributed by atoms with Crippen LogP contribution in [0.15, 0.2) is 12.3 Å². The maximum Gasteiger partial charge on any atom is 0.405 e. The summed E-state index contributed by atoms with van der Waals surface area (Å²) in [7, 11) is 1.27. The normalized spacial score (nSPS) is 17.8. The number of hydrogen-bond acceptors (Lipinski definition) is 6. The van der Waals surface area contributed by atoms with Gasteiger partial charge in [-0.1, -0.05) is 0 Å². The van der Waals surface area contributed by atoms with Crippen LogP contribution in [-0.2, 0) is 0 Å². The number of carbonyl (C=O) groups excluding carboxylic acids is 2. The number of carbonyl (C=O) groups is 2. The number of anilines is 1. The number of amides is 2. The van der Waals surface area contributed by atoms with Crippen molar-refractivity contribution < 1.29 is 40.3 Å². The van der Waals surface area contributed by atoms with Gasteiger partial charge in [-0.15, -0.1) is 11.3 Å². The summed E-state index contributed by atoms with van der Waals surface area (Å²) in [5, 5.41) is 3.86. The van der Waals surface area contributed by atoms with Crippen LogP contribution in [0, 0.1) is 0 Å². The number of nitrogens with zero attached hydrogens (tertiary/aromatic N) is 3. The zero-order chi connectivity index (χ0) is 25.4. The zero-order valence-corrected chi connectivity index (χ0v) is 18.5. The Morgan fingerprint density at radius 3 is 2.53 bits per heavy atom. The SMILES string of the molecule is CNC(=O)c1nc(C(=O)N2CC(F)(F)CC2C)c(-c2cnc(NCC(F)(F)F)cc2C(F)F)s1. The minimum Gasteiger partial charge on any atom is -0.361 e. The van der Waals surface area contributed by atoms with Gasteiger partial charge in [-0.05, 0) is 13.0 Å². The highest BCUT2D eigenvalue weighted by atomic mass is 32.1. The molecule has 3 heterocycles. The number of thiazole rings is 1. The molecule has 7 nitrogen and oxygen atoms in total. The van der Waals surface area contributed by atoms with E-state index in [9.17, 15) is 40.3 Å². The molecular weight excluding hydrogens is 495 g/mol. The Hall–Kier alpha value is -2.97. The Bertz CT molecular complexity index is 1090. The molecule has 2 amide bonds. The quantitative estimate of drug-likeness (QED) is 0.561. The van der Waals surface area contributed by atoms with Gasteiger partial charge < -0.3 is 15.5 Å². The third kappa shape index (κ3) is 5.56. The van der Waals surface area contributed by atoms with Crippen LogP contribution in [0.1, 0.15) is 45.6 Å². The number of likely N-dealkylation sites (tertiary alicyclic amines) is 1.